The van der Waals surface area contributed by atoms with Gasteiger partial charge in [-0.25, -0.2) is 0 Å². The summed E-state index contributed by atoms with van der Waals surface area (Å²) in [4.78, 5) is 27.9. The molecular weight excluding hydrogens is 316 g/mol. The molecule has 1 fully saturated rings. The molecule has 1 aromatic carbocycles. The highest BCUT2D eigenvalue weighted by atomic mass is 35.5. The second-order valence-corrected chi connectivity index (χ2v) is 5.63. The zero-order valence-corrected chi connectivity index (χ0v) is 14.5. The number of piperazine rings is 1. The van der Waals surface area contributed by atoms with Crippen LogP contribution < -0.4 is 10.6 Å². The van der Waals surface area contributed by atoms with Crippen LogP contribution in [0.3, 0.4) is 0 Å². The second-order valence-electron chi connectivity index (χ2n) is 5.63. The lowest BCUT2D eigenvalue weighted by Crippen LogP contribution is -2.46. The fourth-order valence-electron chi connectivity index (χ4n) is 2.42. The summed E-state index contributed by atoms with van der Waals surface area (Å²) < 4.78 is 0. The highest BCUT2D eigenvalue weighted by Crippen LogP contribution is 2.07. The van der Waals surface area contributed by atoms with Crippen molar-refractivity contribution >= 4 is 24.2 Å². The van der Waals surface area contributed by atoms with E-state index >= 15 is 0 Å². The van der Waals surface area contributed by atoms with Crippen molar-refractivity contribution in [2.24, 2.45) is 0 Å². The number of amides is 2. The van der Waals surface area contributed by atoms with Crippen molar-refractivity contribution < 1.29 is 9.59 Å². The maximum Gasteiger partial charge on any atom is 0.253 e. The van der Waals surface area contributed by atoms with Gasteiger partial charge < -0.3 is 15.5 Å². The molecule has 1 heterocycles. The van der Waals surface area contributed by atoms with Gasteiger partial charge in [-0.1, -0.05) is 6.07 Å². The standard InChI is InChI=1S/C16H24N4O2.ClH/c1-19(2)16(22)14-5-3-4-13(12-14)15(21)18-8-11-20-9-6-17-7-10-20;/h3-5,12,17H,6-11H2,1-2H3,(H,18,21);1H. The maximum absolute atomic E-state index is 12.2. The number of carbonyl (C=O) groups excluding carboxylic acids is 2. The van der Waals surface area contributed by atoms with E-state index in [1.807, 2.05) is 0 Å². The first-order chi connectivity index (χ1) is 10.6. The van der Waals surface area contributed by atoms with E-state index in [0.717, 1.165) is 32.7 Å². The van der Waals surface area contributed by atoms with Gasteiger partial charge in [0.1, 0.15) is 0 Å². The molecule has 1 aromatic rings. The van der Waals surface area contributed by atoms with Crippen LogP contribution in [0.2, 0.25) is 0 Å². The molecule has 0 aliphatic carbocycles. The van der Waals surface area contributed by atoms with Crippen molar-refractivity contribution in [1.82, 2.24) is 20.4 Å². The van der Waals surface area contributed by atoms with Crippen molar-refractivity contribution in [3.63, 3.8) is 0 Å². The van der Waals surface area contributed by atoms with E-state index in [-0.39, 0.29) is 24.2 Å². The Hall–Kier alpha value is -1.63. The fourth-order valence-corrected chi connectivity index (χ4v) is 2.42. The highest BCUT2D eigenvalue weighted by molar-refractivity contribution is 5.99. The molecule has 0 bridgehead atoms. The molecule has 0 atom stereocenters. The minimum absolute atomic E-state index is 0. The predicted octanol–water partition coefficient (Wildman–Crippen LogP) is 0.445. The van der Waals surface area contributed by atoms with E-state index in [4.69, 9.17) is 0 Å². The Bertz CT molecular complexity index is 531. The monoisotopic (exact) mass is 340 g/mol. The minimum atomic E-state index is -0.136. The molecule has 2 rings (SSSR count). The lowest BCUT2D eigenvalue weighted by molar-refractivity contribution is 0.0827. The molecule has 0 unspecified atom stereocenters. The van der Waals surface area contributed by atoms with E-state index in [9.17, 15) is 9.59 Å². The van der Waals surface area contributed by atoms with E-state index < -0.39 is 0 Å². The van der Waals surface area contributed by atoms with E-state index in [1.165, 1.54) is 4.90 Å². The summed E-state index contributed by atoms with van der Waals surface area (Å²) in [7, 11) is 3.39. The van der Waals surface area contributed by atoms with Gasteiger partial charge in [0.05, 0.1) is 0 Å². The maximum atomic E-state index is 12.2. The third-order valence-electron chi connectivity index (χ3n) is 3.70. The van der Waals surface area contributed by atoms with Crippen molar-refractivity contribution in [2.75, 3.05) is 53.4 Å². The Morgan fingerprint density at radius 3 is 2.52 bits per heavy atom. The molecule has 128 valence electrons. The Kier molecular flexibility index (Phi) is 8.02. The van der Waals surface area contributed by atoms with E-state index in [1.54, 1.807) is 38.4 Å². The van der Waals surface area contributed by atoms with Gasteiger partial charge in [0, 0.05) is 64.5 Å². The molecule has 0 aromatic heterocycles. The van der Waals surface area contributed by atoms with Crippen molar-refractivity contribution in [2.45, 2.75) is 0 Å². The lowest BCUT2D eigenvalue weighted by atomic mass is 10.1. The molecule has 0 saturated carbocycles. The average Bonchev–Trinajstić information content (AvgIpc) is 2.55. The summed E-state index contributed by atoms with van der Waals surface area (Å²) in [5, 5.41) is 6.22. The van der Waals surface area contributed by atoms with E-state index in [0.29, 0.717) is 17.7 Å². The van der Waals surface area contributed by atoms with Gasteiger partial charge in [0.15, 0.2) is 0 Å². The smallest absolute Gasteiger partial charge is 0.253 e. The van der Waals surface area contributed by atoms with Crippen LogP contribution in [0.5, 0.6) is 0 Å². The number of rotatable bonds is 5. The zero-order valence-electron chi connectivity index (χ0n) is 13.7. The molecule has 6 nitrogen and oxygen atoms in total. The SMILES string of the molecule is CN(C)C(=O)c1cccc(C(=O)NCCN2CCNCC2)c1.Cl. The van der Waals surface area contributed by atoms with Crippen molar-refractivity contribution in [1.29, 1.82) is 0 Å². The van der Waals surface area contributed by atoms with Crippen LogP contribution in [-0.4, -0.2) is 75.0 Å². The number of carbonyl (C=O) groups is 2. The van der Waals surface area contributed by atoms with Crippen LogP contribution in [0.25, 0.3) is 0 Å². The second kappa shape index (κ2) is 9.50. The molecule has 0 spiro atoms. The van der Waals surface area contributed by atoms with Crippen molar-refractivity contribution in [3.8, 4) is 0 Å². The fraction of sp³-hybridized carbons (Fsp3) is 0.500. The molecule has 0 radical (unpaired) electrons. The summed E-state index contributed by atoms with van der Waals surface area (Å²) in [5.74, 6) is -0.237. The summed E-state index contributed by atoms with van der Waals surface area (Å²) >= 11 is 0. The first-order valence-corrected chi connectivity index (χ1v) is 7.61. The number of hydrogen-bond donors (Lipinski definition) is 2. The van der Waals surface area contributed by atoms with Gasteiger partial charge >= 0.3 is 0 Å². The quantitative estimate of drug-likeness (QED) is 0.816. The number of hydrogen-bond acceptors (Lipinski definition) is 4. The van der Waals surface area contributed by atoms with E-state index in [2.05, 4.69) is 15.5 Å². The van der Waals surface area contributed by atoms with Gasteiger partial charge in [-0.3, -0.25) is 14.5 Å². The van der Waals surface area contributed by atoms with Gasteiger partial charge in [-0.2, -0.15) is 0 Å². The normalized spacial score (nSPS) is 14.7. The Balaban J connectivity index is 0.00000264. The Labute approximate surface area is 143 Å². The van der Waals surface area contributed by atoms with Gasteiger partial charge in [-0.15, -0.1) is 12.4 Å². The number of benzene rings is 1. The van der Waals surface area contributed by atoms with Crippen LogP contribution >= 0.6 is 12.4 Å². The summed E-state index contributed by atoms with van der Waals surface area (Å²) in [6.07, 6.45) is 0. The molecule has 2 amide bonds. The van der Waals surface area contributed by atoms with Crippen LogP contribution in [0.1, 0.15) is 20.7 Å². The summed E-state index contributed by atoms with van der Waals surface area (Å²) in [5.41, 5.74) is 1.05. The van der Waals surface area contributed by atoms with Crippen LogP contribution in [0.15, 0.2) is 24.3 Å². The molecule has 1 aliphatic rings. The summed E-state index contributed by atoms with van der Waals surface area (Å²) in [6.45, 7) is 5.51. The average molecular weight is 341 g/mol. The summed E-state index contributed by atoms with van der Waals surface area (Å²) in [6, 6.07) is 6.83. The van der Waals surface area contributed by atoms with Gasteiger partial charge in [-0.05, 0) is 18.2 Å². The molecular formula is C16H25ClN4O2. The van der Waals surface area contributed by atoms with Crippen molar-refractivity contribution in [3.05, 3.63) is 35.4 Å². The van der Waals surface area contributed by atoms with Crippen LogP contribution in [-0.2, 0) is 0 Å². The molecule has 23 heavy (non-hydrogen) atoms. The topological polar surface area (TPSA) is 64.7 Å². The predicted molar refractivity (Wildman–Crippen MR) is 93.4 cm³/mol. The number of nitrogens with one attached hydrogen (secondary N) is 2. The molecule has 7 heteroatoms. The minimum Gasteiger partial charge on any atom is -0.351 e. The number of nitrogens with zero attached hydrogens (tertiary/aromatic N) is 2. The van der Waals surface area contributed by atoms with Gasteiger partial charge in [0.2, 0.25) is 0 Å². The molecule has 2 N–H and O–H groups in total. The van der Waals surface area contributed by atoms with Crippen LogP contribution in [0.4, 0.5) is 0 Å². The lowest BCUT2D eigenvalue weighted by Gasteiger charge is -2.27. The number of halogens is 1. The van der Waals surface area contributed by atoms with Gasteiger partial charge in [0.25, 0.3) is 11.8 Å². The Morgan fingerprint density at radius 1 is 1.22 bits per heavy atom. The van der Waals surface area contributed by atoms with Crippen LogP contribution in [0, 0.1) is 0 Å². The zero-order chi connectivity index (χ0) is 15.9. The Morgan fingerprint density at radius 2 is 1.87 bits per heavy atom. The highest BCUT2D eigenvalue weighted by Gasteiger charge is 2.13. The third kappa shape index (κ3) is 5.82. The first kappa shape index (κ1) is 19.4. The molecule has 1 saturated heterocycles. The molecule has 1 aliphatic heterocycles. The largest absolute Gasteiger partial charge is 0.351 e. The third-order valence-corrected chi connectivity index (χ3v) is 3.70. The first-order valence-electron chi connectivity index (χ1n) is 7.61.